The van der Waals surface area contributed by atoms with E-state index < -0.39 is 22.5 Å². The number of aromatic nitrogens is 2. The van der Waals surface area contributed by atoms with Gasteiger partial charge in [-0.05, 0) is 60.7 Å². The van der Waals surface area contributed by atoms with E-state index in [-0.39, 0.29) is 16.3 Å². The largest absolute Gasteiger partial charge is 0.322 e. The lowest BCUT2D eigenvalue weighted by molar-refractivity contribution is 0.0764. The third-order valence-corrected chi connectivity index (χ3v) is 7.72. The zero-order chi connectivity index (χ0) is 25.2. The van der Waals surface area contributed by atoms with E-state index in [1.54, 1.807) is 62.4 Å². The number of sulfonamides is 1. The molecule has 35 heavy (non-hydrogen) atoms. The molecule has 0 atom stereocenters. The van der Waals surface area contributed by atoms with E-state index in [4.69, 9.17) is 0 Å². The highest BCUT2D eigenvalue weighted by molar-refractivity contribution is 7.89. The zero-order valence-corrected chi connectivity index (χ0v) is 20.0. The Kier molecular flexibility index (Phi) is 6.95. The molecule has 1 heterocycles. The molecule has 0 spiro atoms. The van der Waals surface area contributed by atoms with Crippen LogP contribution in [0.3, 0.4) is 0 Å². The van der Waals surface area contributed by atoms with E-state index in [2.05, 4.69) is 10.3 Å². The summed E-state index contributed by atoms with van der Waals surface area (Å²) in [6.07, 6.45) is 0. The third-order valence-electron chi connectivity index (χ3n) is 5.65. The van der Waals surface area contributed by atoms with Crippen LogP contribution in [0.25, 0.3) is 22.4 Å². The Bertz CT molecular complexity index is 1450. The van der Waals surface area contributed by atoms with Crippen molar-refractivity contribution in [1.29, 1.82) is 0 Å². The fraction of sp³-hybridized carbons (Fsp3) is 0.200. The summed E-state index contributed by atoms with van der Waals surface area (Å²) in [6.45, 7) is 1.47. The SMILES string of the molecule is CCN(CC)S(=O)(=O)c1ccc(C(=O)Nc2ccc(-c3nc4ccccc4n3C(F)F)cc2)cc1. The lowest BCUT2D eigenvalue weighted by Gasteiger charge is -2.18. The lowest BCUT2D eigenvalue weighted by Crippen LogP contribution is -2.30. The molecule has 0 aliphatic carbocycles. The van der Waals surface area contributed by atoms with Gasteiger partial charge in [-0.3, -0.25) is 9.36 Å². The number of imidazole rings is 1. The van der Waals surface area contributed by atoms with Crippen LogP contribution in [0.15, 0.2) is 77.7 Å². The zero-order valence-electron chi connectivity index (χ0n) is 19.2. The van der Waals surface area contributed by atoms with Gasteiger partial charge in [0.2, 0.25) is 10.0 Å². The van der Waals surface area contributed by atoms with Gasteiger partial charge in [-0.25, -0.2) is 13.4 Å². The van der Waals surface area contributed by atoms with E-state index in [0.717, 1.165) is 4.57 Å². The predicted octanol–water partition coefficient (Wildman–Crippen LogP) is 5.38. The van der Waals surface area contributed by atoms with E-state index in [9.17, 15) is 22.0 Å². The predicted molar refractivity (Wildman–Crippen MR) is 131 cm³/mol. The van der Waals surface area contributed by atoms with E-state index in [0.29, 0.717) is 35.4 Å². The molecule has 4 rings (SSSR count). The summed E-state index contributed by atoms with van der Waals surface area (Å²) in [5.41, 5.74) is 2.02. The molecule has 0 aliphatic heterocycles. The van der Waals surface area contributed by atoms with Gasteiger partial charge in [-0.1, -0.05) is 26.0 Å². The molecule has 1 aromatic heterocycles. The number of carbonyl (C=O) groups is 1. The number of alkyl halides is 2. The second kappa shape index (κ2) is 9.93. The number of para-hydroxylation sites is 2. The van der Waals surface area contributed by atoms with Gasteiger partial charge >= 0.3 is 6.55 Å². The van der Waals surface area contributed by atoms with Crippen molar-refractivity contribution in [2.75, 3.05) is 18.4 Å². The maximum absolute atomic E-state index is 13.7. The average Bonchev–Trinajstić information content (AvgIpc) is 3.25. The molecule has 3 aromatic carbocycles. The van der Waals surface area contributed by atoms with Crippen LogP contribution in [0.5, 0.6) is 0 Å². The molecule has 1 N–H and O–H groups in total. The van der Waals surface area contributed by atoms with E-state index in [1.165, 1.54) is 28.6 Å². The molecular formula is C25H24F2N4O3S. The molecular weight excluding hydrogens is 474 g/mol. The normalized spacial score (nSPS) is 11.9. The van der Waals surface area contributed by atoms with Crippen molar-refractivity contribution in [3.8, 4) is 11.4 Å². The maximum Gasteiger partial charge on any atom is 0.320 e. The van der Waals surface area contributed by atoms with Crippen LogP contribution in [-0.4, -0.2) is 41.3 Å². The first-order chi connectivity index (χ1) is 16.8. The monoisotopic (exact) mass is 498 g/mol. The number of nitrogens with zero attached hydrogens (tertiary/aromatic N) is 3. The molecule has 0 saturated carbocycles. The van der Waals surface area contributed by atoms with Crippen LogP contribution < -0.4 is 5.32 Å². The van der Waals surface area contributed by atoms with Crippen molar-refractivity contribution < 1.29 is 22.0 Å². The standard InChI is InChI=1S/C25H24F2N4O3S/c1-3-30(4-2)35(33,34)20-15-11-18(12-16-20)24(32)28-19-13-9-17(10-14-19)23-29-21-7-5-6-8-22(21)31(23)25(26)27/h5-16,25H,3-4H2,1-2H3,(H,28,32). The summed E-state index contributed by atoms with van der Waals surface area (Å²) in [6, 6.07) is 18.8. The van der Waals surface area contributed by atoms with Crippen molar-refractivity contribution in [3.63, 3.8) is 0 Å². The Morgan fingerprint density at radius 3 is 2.20 bits per heavy atom. The third kappa shape index (κ3) is 4.80. The number of fused-ring (bicyclic) bond motifs is 1. The molecule has 0 saturated heterocycles. The van der Waals surface area contributed by atoms with Crippen LogP contribution in [0.2, 0.25) is 0 Å². The maximum atomic E-state index is 13.7. The molecule has 0 radical (unpaired) electrons. The van der Waals surface area contributed by atoms with Crippen molar-refractivity contribution in [2.24, 2.45) is 0 Å². The van der Waals surface area contributed by atoms with Gasteiger partial charge in [-0.2, -0.15) is 13.1 Å². The number of hydrogen-bond acceptors (Lipinski definition) is 4. The average molecular weight is 499 g/mol. The summed E-state index contributed by atoms with van der Waals surface area (Å²) in [5.74, 6) is -0.298. The van der Waals surface area contributed by atoms with Crippen LogP contribution in [-0.2, 0) is 10.0 Å². The van der Waals surface area contributed by atoms with Crippen LogP contribution >= 0.6 is 0 Å². The highest BCUT2D eigenvalue weighted by atomic mass is 32.2. The smallest absolute Gasteiger partial charge is 0.320 e. The lowest BCUT2D eigenvalue weighted by atomic mass is 10.1. The molecule has 0 bridgehead atoms. The first-order valence-corrected chi connectivity index (χ1v) is 12.5. The Balaban J connectivity index is 1.52. The molecule has 4 aromatic rings. The number of halogens is 2. The summed E-state index contributed by atoms with van der Waals surface area (Å²) < 4.78 is 54.9. The summed E-state index contributed by atoms with van der Waals surface area (Å²) in [7, 11) is -3.61. The van der Waals surface area contributed by atoms with E-state index >= 15 is 0 Å². The summed E-state index contributed by atoms with van der Waals surface area (Å²) in [5, 5.41) is 2.73. The van der Waals surface area contributed by atoms with Gasteiger partial charge in [-0.15, -0.1) is 0 Å². The van der Waals surface area contributed by atoms with Gasteiger partial charge in [0.1, 0.15) is 5.82 Å². The number of benzene rings is 3. The van der Waals surface area contributed by atoms with Gasteiger partial charge in [0, 0.05) is 29.9 Å². The van der Waals surface area contributed by atoms with Crippen LogP contribution in [0.1, 0.15) is 30.8 Å². The minimum Gasteiger partial charge on any atom is -0.322 e. The van der Waals surface area contributed by atoms with Gasteiger partial charge in [0.25, 0.3) is 5.91 Å². The molecule has 182 valence electrons. The van der Waals surface area contributed by atoms with Crippen molar-refractivity contribution >= 4 is 32.7 Å². The Morgan fingerprint density at radius 1 is 0.971 bits per heavy atom. The van der Waals surface area contributed by atoms with Crippen molar-refractivity contribution in [2.45, 2.75) is 25.3 Å². The van der Waals surface area contributed by atoms with Crippen LogP contribution in [0.4, 0.5) is 14.5 Å². The minimum absolute atomic E-state index is 0.115. The number of rotatable bonds is 8. The molecule has 0 fully saturated rings. The molecule has 7 nitrogen and oxygen atoms in total. The minimum atomic E-state index is -3.61. The molecule has 0 unspecified atom stereocenters. The second-order valence-electron chi connectivity index (χ2n) is 7.72. The fourth-order valence-electron chi connectivity index (χ4n) is 3.84. The number of anilines is 1. The quantitative estimate of drug-likeness (QED) is 0.353. The second-order valence-corrected chi connectivity index (χ2v) is 9.65. The van der Waals surface area contributed by atoms with Gasteiger partial charge < -0.3 is 5.32 Å². The highest BCUT2D eigenvalue weighted by Gasteiger charge is 2.22. The summed E-state index contributed by atoms with van der Waals surface area (Å²) in [4.78, 5) is 17.1. The topological polar surface area (TPSA) is 84.3 Å². The molecule has 1 amide bonds. The number of hydrogen-bond donors (Lipinski definition) is 1. The Labute approximate surface area is 202 Å². The fourth-order valence-corrected chi connectivity index (χ4v) is 5.30. The number of amides is 1. The first kappa shape index (κ1) is 24.5. The van der Waals surface area contributed by atoms with Gasteiger partial charge in [0.05, 0.1) is 15.9 Å². The Hall–Kier alpha value is -3.63. The highest BCUT2D eigenvalue weighted by Crippen LogP contribution is 2.30. The van der Waals surface area contributed by atoms with E-state index in [1.807, 2.05) is 0 Å². The Morgan fingerprint density at radius 2 is 1.60 bits per heavy atom. The number of carbonyl (C=O) groups excluding carboxylic acids is 1. The molecule has 10 heteroatoms. The summed E-state index contributed by atoms with van der Waals surface area (Å²) >= 11 is 0. The van der Waals surface area contributed by atoms with Crippen molar-refractivity contribution in [1.82, 2.24) is 13.9 Å². The number of nitrogens with one attached hydrogen (secondary N) is 1. The van der Waals surface area contributed by atoms with Crippen LogP contribution in [0, 0.1) is 0 Å². The van der Waals surface area contributed by atoms with Gasteiger partial charge in [0.15, 0.2) is 0 Å². The molecule has 0 aliphatic rings. The van der Waals surface area contributed by atoms with Crippen molar-refractivity contribution in [3.05, 3.63) is 78.4 Å². The first-order valence-electron chi connectivity index (χ1n) is 11.0.